The van der Waals surface area contributed by atoms with E-state index in [2.05, 4.69) is 215 Å². The maximum atomic E-state index is 6.74. The van der Waals surface area contributed by atoms with Crippen LogP contribution in [0, 0.1) is 0 Å². The van der Waals surface area contributed by atoms with E-state index in [1.165, 1.54) is 54.8 Å². The molecule has 12 rings (SSSR count). The third kappa shape index (κ3) is 4.92. The summed E-state index contributed by atoms with van der Waals surface area (Å²) in [6, 6.07) is 74.4. The Hall–Kier alpha value is -7.62. The first kappa shape index (κ1) is 31.7. The van der Waals surface area contributed by atoms with E-state index in [9.17, 15) is 0 Å². The van der Waals surface area contributed by atoms with Crippen LogP contribution in [0.4, 0.5) is 0 Å². The maximum absolute atomic E-state index is 6.74. The summed E-state index contributed by atoms with van der Waals surface area (Å²) in [6.45, 7) is 0. The molecule has 57 heavy (non-hydrogen) atoms. The van der Waals surface area contributed by atoms with Crippen molar-refractivity contribution in [1.82, 2.24) is 9.13 Å². The summed E-state index contributed by atoms with van der Waals surface area (Å²) in [6.07, 6.45) is 0. The van der Waals surface area contributed by atoms with Crippen molar-refractivity contribution < 1.29 is 4.42 Å². The fraction of sp³-hybridized carbons (Fsp3) is 0. The van der Waals surface area contributed by atoms with Gasteiger partial charge in [-0.05, 0) is 101 Å². The summed E-state index contributed by atoms with van der Waals surface area (Å²) >= 11 is 0. The van der Waals surface area contributed by atoms with Crippen molar-refractivity contribution in [2.24, 2.45) is 0 Å². The van der Waals surface area contributed by atoms with Crippen LogP contribution < -0.4 is 0 Å². The van der Waals surface area contributed by atoms with Gasteiger partial charge in [0, 0.05) is 49.3 Å². The molecule has 266 valence electrons. The van der Waals surface area contributed by atoms with Gasteiger partial charge < -0.3 is 13.6 Å². The van der Waals surface area contributed by atoms with Gasteiger partial charge in [0.1, 0.15) is 11.2 Å². The Labute approximate surface area is 328 Å². The van der Waals surface area contributed by atoms with Crippen molar-refractivity contribution in [3.8, 4) is 44.8 Å². The zero-order valence-electron chi connectivity index (χ0n) is 30.9. The van der Waals surface area contributed by atoms with Crippen molar-refractivity contribution in [3.63, 3.8) is 0 Å². The van der Waals surface area contributed by atoms with E-state index in [1.807, 2.05) is 0 Å². The first-order valence-electron chi connectivity index (χ1n) is 19.5. The van der Waals surface area contributed by atoms with Gasteiger partial charge in [-0.15, -0.1) is 0 Å². The van der Waals surface area contributed by atoms with Gasteiger partial charge in [0.25, 0.3) is 0 Å². The van der Waals surface area contributed by atoms with E-state index in [0.29, 0.717) is 0 Å². The van der Waals surface area contributed by atoms with Gasteiger partial charge in [0.05, 0.1) is 22.1 Å². The molecule has 0 saturated carbocycles. The molecule has 0 spiro atoms. The molecule has 0 saturated heterocycles. The molecule has 3 nitrogen and oxygen atoms in total. The lowest BCUT2D eigenvalue weighted by molar-refractivity contribution is 0.670. The molecule has 0 aliphatic heterocycles. The van der Waals surface area contributed by atoms with Crippen molar-refractivity contribution >= 4 is 65.6 Å². The van der Waals surface area contributed by atoms with Crippen LogP contribution in [0.1, 0.15) is 0 Å². The number of hydrogen-bond donors (Lipinski definition) is 0. The summed E-state index contributed by atoms with van der Waals surface area (Å²) < 4.78 is 11.5. The predicted molar refractivity (Wildman–Crippen MR) is 239 cm³/mol. The van der Waals surface area contributed by atoms with E-state index in [-0.39, 0.29) is 0 Å². The smallest absolute Gasteiger partial charge is 0.143 e. The standard InChI is InChI=1S/C54H34N2O/c1-3-13-35(14-4-1)36-23-27-41(28-24-36)56-49-20-10-7-17-42(49)44-29-25-38(34-52(44)56)46-32-39(33-48-45-19-9-12-22-53(45)57-54(46)48)37-26-30-51-47(31-37)43-18-8-11-21-50(43)55(51)40-15-5-2-6-16-40/h1-34H. The Morgan fingerprint density at radius 3 is 1.58 bits per heavy atom. The minimum absolute atomic E-state index is 0.890. The van der Waals surface area contributed by atoms with E-state index in [0.717, 1.165) is 55.5 Å². The highest BCUT2D eigenvalue weighted by Gasteiger charge is 2.19. The van der Waals surface area contributed by atoms with Crippen LogP contribution in [0.5, 0.6) is 0 Å². The lowest BCUT2D eigenvalue weighted by atomic mass is 9.94. The highest BCUT2D eigenvalue weighted by molar-refractivity contribution is 6.15. The lowest BCUT2D eigenvalue weighted by Crippen LogP contribution is -1.94. The lowest BCUT2D eigenvalue weighted by Gasteiger charge is -2.12. The largest absolute Gasteiger partial charge is 0.455 e. The van der Waals surface area contributed by atoms with Crippen LogP contribution in [-0.4, -0.2) is 9.13 Å². The Balaban J connectivity index is 1.08. The number of nitrogens with zero attached hydrogens (tertiary/aromatic N) is 2. The van der Waals surface area contributed by atoms with Crippen LogP contribution in [0.2, 0.25) is 0 Å². The predicted octanol–water partition coefficient (Wildman–Crippen LogP) is 14.8. The monoisotopic (exact) mass is 726 g/mol. The molecule has 0 aliphatic rings. The van der Waals surface area contributed by atoms with Gasteiger partial charge in [0.2, 0.25) is 0 Å². The molecule has 0 amide bonds. The van der Waals surface area contributed by atoms with E-state index >= 15 is 0 Å². The van der Waals surface area contributed by atoms with Crippen molar-refractivity contribution in [3.05, 3.63) is 206 Å². The minimum Gasteiger partial charge on any atom is -0.455 e. The molecule has 3 heteroatoms. The molecular formula is C54H34N2O. The summed E-state index contributed by atoms with van der Waals surface area (Å²) in [5.41, 5.74) is 15.7. The molecule has 0 unspecified atom stereocenters. The fourth-order valence-electron chi connectivity index (χ4n) is 9.07. The minimum atomic E-state index is 0.890. The number of fused-ring (bicyclic) bond motifs is 9. The summed E-state index contributed by atoms with van der Waals surface area (Å²) in [5, 5.41) is 7.15. The van der Waals surface area contributed by atoms with Gasteiger partial charge >= 0.3 is 0 Å². The zero-order chi connectivity index (χ0) is 37.5. The Bertz CT molecular complexity index is 3490. The number of para-hydroxylation sites is 4. The van der Waals surface area contributed by atoms with E-state index < -0.39 is 0 Å². The average Bonchev–Trinajstić information content (AvgIpc) is 3.94. The van der Waals surface area contributed by atoms with Gasteiger partial charge in [-0.2, -0.15) is 0 Å². The molecule has 0 fully saturated rings. The van der Waals surface area contributed by atoms with Gasteiger partial charge in [-0.25, -0.2) is 0 Å². The highest BCUT2D eigenvalue weighted by Crippen LogP contribution is 2.43. The summed E-state index contributed by atoms with van der Waals surface area (Å²) in [7, 11) is 0. The molecule has 0 radical (unpaired) electrons. The topological polar surface area (TPSA) is 23.0 Å². The third-order valence-corrected chi connectivity index (χ3v) is 11.7. The fourth-order valence-corrected chi connectivity index (χ4v) is 9.07. The maximum Gasteiger partial charge on any atom is 0.143 e. The van der Waals surface area contributed by atoms with Crippen LogP contribution in [-0.2, 0) is 0 Å². The molecule has 0 atom stereocenters. The first-order valence-corrected chi connectivity index (χ1v) is 19.5. The van der Waals surface area contributed by atoms with Gasteiger partial charge in [-0.1, -0.05) is 133 Å². The normalized spacial score (nSPS) is 11.9. The molecule has 9 aromatic carbocycles. The molecule has 0 bridgehead atoms. The Morgan fingerprint density at radius 1 is 0.281 bits per heavy atom. The number of aromatic nitrogens is 2. The quantitative estimate of drug-likeness (QED) is 0.173. The third-order valence-electron chi connectivity index (χ3n) is 11.7. The van der Waals surface area contributed by atoms with Crippen molar-refractivity contribution in [2.45, 2.75) is 0 Å². The zero-order valence-corrected chi connectivity index (χ0v) is 30.9. The van der Waals surface area contributed by atoms with Crippen molar-refractivity contribution in [2.75, 3.05) is 0 Å². The highest BCUT2D eigenvalue weighted by atomic mass is 16.3. The van der Waals surface area contributed by atoms with Crippen LogP contribution in [0.3, 0.4) is 0 Å². The molecule has 0 aliphatic carbocycles. The van der Waals surface area contributed by atoms with Gasteiger partial charge in [-0.3, -0.25) is 0 Å². The number of furan rings is 1. The van der Waals surface area contributed by atoms with Crippen LogP contribution >= 0.6 is 0 Å². The Kier molecular flexibility index (Phi) is 6.93. The average molecular weight is 727 g/mol. The summed E-state index contributed by atoms with van der Waals surface area (Å²) in [5.74, 6) is 0. The second kappa shape index (κ2) is 12.5. The molecule has 12 aromatic rings. The SMILES string of the molecule is c1ccc(-c2ccc(-n3c4ccccc4c4ccc(-c5cc(-c6ccc7c(c6)c6ccccc6n7-c6ccccc6)cc6c5oc5ccccc56)cc43)cc2)cc1. The molecular weight excluding hydrogens is 693 g/mol. The second-order valence-corrected chi connectivity index (χ2v) is 14.9. The number of benzene rings is 9. The first-order chi connectivity index (χ1) is 28.3. The van der Waals surface area contributed by atoms with E-state index in [1.54, 1.807) is 0 Å². The second-order valence-electron chi connectivity index (χ2n) is 14.9. The summed E-state index contributed by atoms with van der Waals surface area (Å²) in [4.78, 5) is 0. The Morgan fingerprint density at radius 2 is 0.807 bits per heavy atom. The van der Waals surface area contributed by atoms with Crippen molar-refractivity contribution in [1.29, 1.82) is 0 Å². The van der Waals surface area contributed by atoms with Crippen LogP contribution in [0.15, 0.2) is 211 Å². The van der Waals surface area contributed by atoms with Crippen LogP contribution in [0.25, 0.3) is 110 Å². The molecule has 3 heterocycles. The number of hydrogen-bond acceptors (Lipinski definition) is 1. The molecule has 0 N–H and O–H groups in total. The van der Waals surface area contributed by atoms with E-state index in [4.69, 9.17) is 4.42 Å². The molecule has 3 aromatic heterocycles. The number of rotatable bonds is 5. The van der Waals surface area contributed by atoms with Gasteiger partial charge in [0.15, 0.2) is 0 Å².